The Hall–Kier alpha value is -5.50. The molecule has 0 saturated heterocycles. The minimum atomic E-state index is -0.373. The van der Waals surface area contributed by atoms with Crippen LogP contribution in [0.15, 0.2) is 107 Å². The number of rotatable bonds is 4. The number of aromatic nitrogens is 2. The Bertz CT molecular complexity index is 1940. The van der Waals surface area contributed by atoms with Crippen LogP contribution < -0.4 is 10.2 Å². The molecule has 2 aliphatic heterocycles. The van der Waals surface area contributed by atoms with Gasteiger partial charge in [0.1, 0.15) is 0 Å². The van der Waals surface area contributed by atoms with Crippen LogP contribution in [0.3, 0.4) is 0 Å². The molecule has 0 bridgehead atoms. The highest BCUT2D eigenvalue weighted by Crippen LogP contribution is 2.48. The van der Waals surface area contributed by atoms with Crippen LogP contribution in [0.2, 0.25) is 0 Å². The van der Waals surface area contributed by atoms with Crippen molar-refractivity contribution in [2.24, 2.45) is 9.98 Å². The summed E-state index contributed by atoms with van der Waals surface area (Å²) in [7, 11) is 1.39. The number of carbonyl (C=O) groups is 1. The van der Waals surface area contributed by atoms with E-state index >= 15 is 0 Å². The second-order valence-electron chi connectivity index (χ2n) is 10.8. The zero-order valence-corrected chi connectivity index (χ0v) is 24.4. The third-order valence-electron chi connectivity index (χ3n) is 7.93. The number of carbonyl (C=O) groups excluding carboxylic acids is 1. The number of nitrogens with one attached hydrogen (secondary N) is 1. The molecule has 2 aliphatic rings. The van der Waals surface area contributed by atoms with E-state index in [4.69, 9.17) is 19.8 Å². The monoisotopic (exact) mass is 566 g/mol. The Labute approximate surface area is 250 Å². The average molecular weight is 567 g/mol. The summed E-state index contributed by atoms with van der Waals surface area (Å²) in [6.45, 7) is 6.18. The van der Waals surface area contributed by atoms with E-state index in [9.17, 15) is 4.79 Å². The van der Waals surface area contributed by atoms with Crippen molar-refractivity contribution < 1.29 is 9.53 Å². The van der Waals surface area contributed by atoms with Gasteiger partial charge in [0.25, 0.3) is 0 Å². The van der Waals surface area contributed by atoms with Crippen molar-refractivity contribution in [2.75, 3.05) is 17.3 Å². The molecule has 0 amide bonds. The van der Waals surface area contributed by atoms with E-state index in [0.717, 1.165) is 56.5 Å². The molecule has 1 aromatic heterocycles. The molecule has 3 heterocycles. The lowest BCUT2D eigenvalue weighted by molar-refractivity contribution is 0.0600. The summed E-state index contributed by atoms with van der Waals surface area (Å²) in [6, 6.07) is 31.7. The first-order valence-electron chi connectivity index (χ1n) is 14.2. The van der Waals surface area contributed by atoms with Gasteiger partial charge >= 0.3 is 5.97 Å². The van der Waals surface area contributed by atoms with Crippen molar-refractivity contribution in [3.63, 3.8) is 0 Å². The molecular formula is C35H30N6O2. The molecule has 0 radical (unpaired) electrons. The molecule has 1 N–H and O–H groups in total. The number of para-hydroxylation sites is 3. The van der Waals surface area contributed by atoms with E-state index in [2.05, 4.69) is 48.3 Å². The molecule has 4 aromatic carbocycles. The highest BCUT2D eigenvalue weighted by molar-refractivity contribution is 6.51. The Morgan fingerprint density at radius 3 is 2.37 bits per heavy atom. The first kappa shape index (κ1) is 26.4. The summed E-state index contributed by atoms with van der Waals surface area (Å²) < 4.78 is 6.87. The zero-order valence-electron chi connectivity index (χ0n) is 24.4. The predicted octanol–water partition coefficient (Wildman–Crippen LogP) is 7.38. The number of aryl methyl sites for hydroxylation is 3. The first-order chi connectivity index (χ1) is 20.9. The molecule has 1 atom stereocenters. The maximum Gasteiger partial charge on any atom is 0.337 e. The average Bonchev–Trinajstić information content (AvgIpc) is 3.37. The number of amidine groups is 2. The van der Waals surface area contributed by atoms with Crippen LogP contribution in [0, 0.1) is 20.8 Å². The van der Waals surface area contributed by atoms with Crippen molar-refractivity contribution in [1.82, 2.24) is 9.78 Å². The standard InChI is InChI=1S/C35H30N6O2/c1-21-14-15-22(2)28(20-21)37-32-34-38-33-30(23(3)39-41(33)26-10-6-5-7-11-26)31(24-16-18-25(19-17-24)35(42)43-4)40(34)29-13-9-8-12-27(29)36-32/h5-20,31H,1-4H3,(H,36,37)/t31-/m0/s1. The fraction of sp³-hybridized carbons (Fsp3) is 0.143. The van der Waals surface area contributed by atoms with Gasteiger partial charge in [0.2, 0.25) is 0 Å². The topological polar surface area (TPSA) is 84.1 Å². The lowest BCUT2D eigenvalue weighted by Gasteiger charge is -2.40. The van der Waals surface area contributed by atoms with Gasteiger partial charge < -0.3 is 15.0 Å². The summed E-state index contributed by atoms with van der Waals surface area (Å²) in [4.78, 5) is 24.9. The van der Waals surface area contributed by atoms with Crippen molar-refractivity contribution >= 4 is 40.5 Å². The highest BCUT2D eigenvalue weighted by atomic mass is 16.5. The van der Waals surface area contributed by atoms with E-state index in [1.807, 2.05) is 84.4 Å². The molecule has 212 valence electrons. The zero-order chi connectivity index (χ0) is 29.7. The largest absolute Gasteiger partial charge is 0.465 e. The molecule has 8 heteroatoms. The van der Waals surface area contributed by atoms with Gasteiger partial charge in [-0.3, -0.25) is 0 Å². The number of hydrogen-bond donors (Lipinski definition) is 1. The lowest BCUT2D eigenvalue weighted by Crippen LogP contribution is -2.46. The number of methoxy groups -OCH3 is 1. The molecule has 7 rings (SSSR count). The van der Waals surface area contributed by atoms with Crippen LogP contribution in [-0.4, -0.2) is 34.5 Å². The number of esters is 1. The SMILES string of the molecule is COC(=O)c1ccc([C@H]2c3c(C)nn(-c4ccccc4)c3N=C3C(Nc4cc(C)ccc4C)=Nc4ccccc4N32)cc1. The first-order valence-corrected chi connectivity index (χ1v) is 14.2. The summed E-state index contributed by atoms with van der Waals surface area (Å²) >= 11 is 0. The highest BCUT2D eigenvalue weighted by Gasteiger charge is 2.41. The molecule has 0 fully saturated rings. The van der Waals surface area contributed by atoms with Crippen LogP contribution in [0.25, 0.3) is 5.69 Å². The summed E-state index contributed by atoms with van der Waals surface area (Å²) in [5.74, 6) is 1.70. The fourth-order valence-corrected chi connectivity index (χ4v) is 5.78. The molecule has 0 spiro atoms. The third kappa shape index (κ3) is 4.48. The van der Waals surface area contributed by atoms with Gasteiger partial charge in [-0.1, -0.05) is 54.6 Å². The van der Waals surface area contributed by atoms with E-state index in [1.54, 1.807) is 0 Å². The van der Waals surface area contributed by atoms with Crippen molar-refractivity contribution in [3.05, 3.63) is 131 Å². The van der Waals surface area contributed by atoms with E-state index in [0.29, 0.717) is 17.2 Å². The van der Waals surface area contributed by atoms with Gasteiger partial charge in [-0.25, -0.2) is 19.5 Å². The van der Waals surface area contributed by atoms with Gasteiger partial charge in [-0.15, -0.1) is 0 Å². The van der Waals surface area contributed by atoms with Crippen LogP contribution in [0.4, 0.5) is 22.9 Å². The molecule has 0 unspecified atom stereocenters. The quantitative estimate of drug-likeness (QED) is 0.230. The van der Waals surface area contributed by atoms with Gasteiger partial charge in [0.15, 0.2) is 17.5 Å². The van der Waals surface area contributed by atoms with Crippen molar-refractivity contribution in [1.29, 1.82) is 0 Å². The third-order valence-corrected chi connectivity index (χ3v) is 7.93. The molecule has 0 saturated carbocycles. The number of anilines is 2. The van der Waals surface area contributed by atoms with Gasteiger partial charge in [0.05, 0.1) is 41.5 Å². The summed E-state index contributed by atoms with van der Waals surface area (Å²) in [6.07, 6.45) is 0. The van der Waals surface area contributed by atoms with Crippen LogP contribution in [-0.2, 0) is 4.74 Å². The van der Waals surface area contributed by atoms with Crippen LogP contribution in [0.5, 0.6) is 0 Å². The van der Waals surface area contributed by atoms with Gasteiger partial charge in [0, 0.05) is 11.3 Å². The maximum atomic E-state index is 12.3. The van der Waals surface area contributed by atoms with E-state index in [-0.39, 0.29) is 12.0 Å². The van der Waals surface area contributed by atoms with E-state index < -0.39 is 0 Å². The number of hydrogen-bond acceptors (Lipinski definition) is 7. The summed E-state index contributed by atoms with van der Waals surface area (Å²) in [5.41, 5.74) is 9.25. The molecule has 43 heavy (non-hydrogen) atoms. The predicted molar refractivity (Wildman–Crippen MR) is 171 cm³/mol. The Kier molecular flexibility index (Phi) is 6.39. The second-order valence-corrected chi connectivity index (χ2v) is 10.8. The molecule has 0 aliphatic carbocycles. The molecular weight excluding hydrogens is 536 g/mol. The number of aliphatic imine (C=N–C) groups is 2. The van der Waals surface area contributed by atoms with Crippen LogP contribution >= 0.6 is 0 Å². The van der Waals surface area contributed by atoms with Gasteiger partial charge in [-0.05, 0) is 79.9 Å². The second kappa shape index (κ2) is 10.4. The van der Waals surface area contributed by atoms with E-state index in [1.165, 1.54) is 7.11 Å². The van der Waals surface area contributed by atoms with Crippen LogP contribution in [0.1, 0.15) is 44.3 Å². The Balaban J connectivity index is 1.48. The summed E-state index contributed by atoms with van der Waals surface area (Å²) in [5, 5.41) is 8.61. The number of benzene rings is 4. The van der Waals surface area contributed by atoms with Crippen molar-refractivity contribution in [2.45, 2.75) is 26.8 Å². The smallest absolute Gasteiger partial charge is 0.337 e. The van der Waals surface area contributed by atoms with Crippen molar-refractivity contribution in [3.8, 4) is 5.69 Å². The minimum absolute atomic E-state index is 0.293. The normalized spacial score (nSPS) is 15.1. The number of ether oxygens (including phenoxy) is 1. The maximum absolute atomic E-state index is 12.3. The Morgan fingerprint density at radius 2 is 1.60 bits per heavy atom. The fourth-order valence-electron chi connectivity index (χ4n) is 5.78. The van der Waals surface area contributed by atoms with Gasteiger partial charge in [-0.2, -0.15) is 5.10 Å². The minimum Gasteiger partial charge on any atom is -0.465 e. The number of fused-ring (bicyclic) bond motifs is 4. The number of nitrogens with zero attached hydrogens (tertiary/aromatic N) is 5. The molecule has 8 nitrogen and oxygen atoms in total. The lowest BCUT2D eigenvalue weighted by atomic mass is 9.92. The molecule has 5 aromatic rings. The Morgan fingerprint density at radius 1 is 0.860 bits per heavy atom.